The SMILES string of the molecule is CCc1ccc(NC(=O)c2cc(C(F)(F)F)ccn2)cc1Nc1ncccc1-c1ncnc2[nH]cnc12. The van der Waals surface area contributed by atoms with Gasteiger partial charge in [0.05, 0.1) is 11.9 Å². The Morgan fingerprint density at radius 2 is 1.86 bits per heavy atom. The summed E-state index contributed by atoms with van der Waals surface area (Å²) in [4.78, 5) is 36.7. The van der Waals surface area contributed by atoms with Gasteiger partial charge < -0.3 is 15.6 Å². The fraction of sp³-hybridized carbons (Fsp3) is 0.120. The molecular weight excluding hydrogens is 485 g/mol. The minimum absolute atomic E-state index is 0.345. The first-order chi connectivity index (χ1) is 17.8. The summed E-state index contributed by atoms with van der Waals surface area (Å²) in [6.45, 7) is 1.97. The van der Waals surface area contributed by atoms with Crippen LogP contribution in [0.5, 0.6) is 0 Å². The fourth-order valence-corrected chi connectivity index (χ4v) is 3.79. The number of hydrogen-bond donors (Lipinski definition) is 3. The molecular formula is C25H19F3N8O. The summed E-state index contributed by atoms with van der Waals surface area (Å²) in [6, 6.07) is 10.3. The molecule has 4 heterocycles. The minimum Gasteiger partial charge on any atom is -0.339 e. The highest BCUT2D eigenvalue weighted by Gasteiger charge is 2.31. The van der Waals surface area contributed by atoms with Crippen LogP contribution in [-0.2, 0) is 12.6 Å². The lowest BCUT2D eigenvalue weighted by Crippen LogP contribution is -2.16. The normalized spacial score (nSPS) is 11.5. The average molecular weight is 504 g/mol. The van der Waals surface area contributed by atoms with E-state index in [1.165, 1.54) is 12.7 Å². The van der Waals surface area contributed by atoms with Crippen molar-refractivity contribution in [1.82, 2.24) is 29.9 Å². The van der Waals surface area contributed by atoms with Crippen molar-refractivity contribution in [1.29, 1.82) is 0 Å². The number of aryl methyl sites for hydroxylation is 1. The number of benzene rings is 1. The highest BCUT2D eigenvalue weighted by molar-refractivity contribution is 6.03. The topological polar surface area (TPSA) is 121 Å². The smallest absolute Gasteiger partial charge is 0.339 e. The molecule has 0 fully saturated rings. The van der Waals surface area contributed by atoms with Crippen LogP contribution in [0.15, 0.2) is 67.5 Å². The number of H-pyrrole nitrogens is 1. The molecule has 9 nitrogen and oxygen atoms in total. The molecule has 1 amide bonds. The molecule has 3 N–H and O–H groups in total. The van der Waals surface area contributed by atoms with Gasteiger partial charge >= 0.3 is 6.18 Å². The van der Waals surface area contributed by atoms with Crippen molar-refractivity contribution in [3.63, 3.8) is 0 Å². The van der Waals surface area contributed by atoms with Gasteiger partial charge in [-0.25, -0.2) is 19.9 Å². The summed E-state index contributed by atoms with van der Waals surface area (Å²) >= 11 is 0. The Bertz CT molecular complexity index is 1600. The van der Waals surface area contributed by atoms with E-state index in [9.17, 15) is 18.0 Å². The second-order valence-electron chi connectivity index (χ2n) is 7.95. The number of fused-ring (bicyclic) bond motifs is 1. The lowest BCUT2D eigenvalue weighted by molar-refractivity contribution is -0.137. The van der Waals surface area contributed by atoms with Gasteiger partial charge in [-0.3, -0.25) is 9.78 Å². The molecule has 12 heteroatoms. The van der Waals surface area contributed by atoms with E-state index in [0.29, 0.717) is 52.1 Å². The van der Waals surface area contributed by atoms with Crippen LogP contribution in [0.3, 0.4) is 0 Å². The van der Waals surface area contributed by atoms with Crippen molar-refractivity contribution in [2.24, 2.45) is 0 Å². The Morgan fingerprint density at radius 1 is 1.00 bits per heavy atom. The highest BCUT2D eigenvalue weighted by atomic mass is 19.4. The maximum atomic E-state index is 13.0. The molecule has 5 rings (SSSR count). The number of alkyl halides is 3. The Hall–Kier alpha value is -4.87. The third-order valence-electron chi connectivity index (χ3n) is 5.60. The molecule has 186 valence electrons. The van der Waals surface area contributed by atoms with Crippen LogP contribution >= 0.6 is 0 Å². The van der Waals surface area contributed by atoms with Crippen molar-refractivity contribution < 1.29 is 18.0 Å². The molecule has 0 saturated heterocycles. The quantitative estimate of drug-likeness (QED) is 0.284. The van der Waals surface area contributed by atoms with Gasteiger partial charge in [0.15, 0.2) is 5.65 Å². The van der Waals surface area contributed by atoms with Crippen molar-refractivity contribution in [2.75, 3.05) is 10.6 Å². The fourth-order valence-electron chi connectivity index (χ4n) is 3.79. The summed E-state index contributed by atoms with van der Waals surface area (Å²) < 4.78 is 39.1. The molecule has 0 bridgehead atoms. The van der Waals surface area contributed by atoms with E-state index in [1.54, 1.807) is 24.4 Å². The number of aromatic amines is 1. The van der Waals surface area contributed by atoms with Crippen molar-refractivity contribution in [2.45, 2.75) is 19.5 Å². The number of amides is 1. The molecule has 0 atom stereocenters. The number of imidazole rings is 1. The van der Waals surface area contributed by atoms with E-state index in [-0.39, 0.29) is 5.69 Å². The van der Waals surface area contributed by atoms with Gasteiger partial charge in [-0.2, -0.15) is 13.2 Å². The van der Waals surface area contributed by atoms with Gasteiger partial charge in [0.25, 0.3) is 5.91 Å². The lowest BCUT2D eigenvalue weighted by atomic mass is 10.1. The second kappa shape index (κ2) is 9.64. The molecule has 5 aromatic rings. The van der Waals surface area contributed by atoms with Crippen LogP contribution < -0.4 is 10.6 Å². The lowest BCUT2D eigenvalue weighted by Gasteiger charge is -2.15. The number of rotatable bonds is 6. The summed E-state index contributed by atoms with van der Waals surface area (Å²) in [5.41, 5.74) is 3.11. The Labute approximate surface area is 208 Å². The second-order valence-corrected chi connectivity index (χ2v) is 7.95. The molecule has 0 aliphatic heterocycles. The third-order valence-corrected chi connectivity index (χ3v) is 5.60. The molecule has 1 aromatic carbocycles. The summed E-state index contributed by atoms with van der Waals surface area (Å²) in [5.74, 6) is -0.259. The van der Waals surface area contributed by atoms with Crippen LogP contribution in [0.25, 0.3) is 22.4 Å². The van der Waals surface area contributed by atoms with Crippen LogP contribution in [0.1, 0.15) is 28.5 Å². The van der Waals surface area contributed by atoms with Gasteiger partial charge in [0, 0.05) is 29.3 Å². The van der Waals surface area contributed by atoms with Crippen molar-refractivity contribution in [3.8, 4) is 11.3 Å². The Morgan fingerprint density at radius 3 is 2.68 bits per heavy atom. The zero-order valence-electron chi connectivity index (χ0n) is 19.3. The number of nitrogens with zero attached hydrogens (tertiary/aromatic N) is 5. The molecule has 0 aliphatic rings. The maximum Gasteiger partial charge on any atom is 0.416 e. The Balaban J connectivity index is 1.46. The van der Waals surface area contributed by atoms with Crippen LogP contribution in [-0.4, -0.2) is 35.8 Å². The zero-order valence-corrected chi connectivity index (χ0v) is 19.3. The molecule has 0 radical (unpaired) electrons. The van der Waals surface area contributed by atoms with E-state index in [2.05, 4.69) is 40.5 Å². The van der Waals surface area contributed by atoms with E-state index in [0.717, 1.165) is 17.8 Å². The first-order valence-electron chi connectivity index (χ1n) is 11.2. The van der Waals surface area contributed by atoms with Crippen molar-refractivity contribution in [3.05, 3.63) is 84.3 Å². The molecule has 0 unspecified atom stereocenters. The number of halogens is 3. The van der Waals surface area contributed by atoms with Crippen LogP contribution in [0.2, 0.25) is 0 Å². The summed E-state index contributed by atoms with van der Waals surface area (Å²) in [6.07, 6.45) is 1.64. The van der Waals surface area contributed by atoms with Crippen molar-refractivity contribution >= 4 is 34.3 Å². The standard InChI is InChI=1S/C25H19F3N8O/c1-2-14-5-6-16(35-24(37)19-10-15(7-9-29-19)25(26,27)28)11-18(14)36-22-17(4-3-8-30-22)20-21-23(33-12-31-20)34-13-32-21/h3-13H,2H2,1H3,(H,30,36)(H,35,37)(H,31,32,33,34). The number of anilines is 3. The first kappa shape index (κ1) is 23.9. The number of carbonyl (C=O) groups excluding carboxylic acids is 1. The van der Waals surface area contributed by atoms with E-state index < -0.39 is 17.6 Å². The third kappa shape index (κ3) is 4.94. The Kier molecular flexibility index (Phi) is 6.22. The molecule has 0 spiro atoms. The number of hydrogen-bond acceptors (Lipinski definition) is 7. The predicted molar refractivity (Wildman–Crippen MR) is 131 cm³/mol. The van der Waals surface area contributed by atoms with Crippen LogP contribution in [0, 0.1) is 0 Å². The first-order valence-corrected chi connectivity index (χ1v) is 11.2. The summed E-state index contributed by atoms with van der Waals surface area (Å²) in [7, 11) is 0. The minimum atomic E-state index is -4.58. The maximum absolute atomic E-state index is 13.0. The largest absolute Gasteiger partial charge is 0.416 e. The summed E-state index contributed by atoms with van der Waals surface area (Å²) in [5, 5.41) is 5.92. The zero-order chi connectivity index (χ0) is 26.0. The van der Waals surface area contributed by atoms with Crippen LogP contribution in [0.4, 0.5) is 30.4 Å². The highest BCUT2D eigenvalue weighted by Crippen LogP contribution is 2.33. The predicted octanol–water partition coefficient (Wildman–Crippen LogP) is 5.39. The molecule has 37 heavy (non-hydrogen) atoms. The van der Waals surface area contributed by atoms with E-state index in [4.69, 9.17) is 0 Å². The number of carbonyl (C=O) groups is 1. The number of pyridine rings is 2. The molecule has 0 aliphatic carbocycles. The average Bonchev–Trinajstić information content (AvgIpc) is 3.38. The molecule has 4 aromatic heterocycles. The van der Waals surface area contributed by atoms with Gasteiger partial charge in [-0.1, -0.05) is 13.0 Å². The number of aromatic nitrogens is 6. The molecule has 0 saturated carbocycles. The van der Waals surface area contributed by atoms with E-state index in [1.807, 2.05) is 19.1 Å². The van der Waals surface area contributed by atoms with Gasteiger partial charge in [0.2, 0.25) is 0 Å². The van der Waals surface area contributed by atoms with E-state index >= 15 is 0 Å². The van der Waals surface area contributed by atoms with Gasteiger partial charge in [-0.05, 0) is 48.4 Å². The monoisotopic (exact) mass is 504 g/mol. The van der Waals surface area contributed by atoms with Gasteiger partial charge in [0.1, 0.15) is 29.0 Å². The number of nitrogens with one attached hydrogen (secondary N) is 3. The van der Waals surface area contributed by atoms with Gasteiger partial charge in [-0.15, -0.1) is 0 Å².